The molecule has 0 spiro atoms. The Morgan fingerprint density at radius 1 is 0.500 bits per heavy atom. The quantitative estimate of drug-likeness (QED) is 0.106. The van der Waals surface area contributed by atoms with E-state index >= 15 is 0 Å². The van der Waals surface area contributed by atoms with Gasteiger partial charge in [0, 0.05) is 35.0 Å². The fourth-order valence-electron chi connectivity index (χ4n) is 7.94. The minimum absolute atomic E-state index is 0. The third-order valence-electron chi connectivity index (χ3n) is 11.3. The first kappa shape index (κ1) is 51.8. The number of ether oxygens (including phenoxy) is 2. The predicted octanol–water partition coefficient (Wildman–Crippen LogP) is 10.2. The maximum atomic E-state index is 13.8. The van der Waals surface area contributed by atoms with E-state index in [2.05, 4.69) is 10.3 Å². The van der Waals surface area contributed by atoms with E-state index in [-0.39, 0.29) is 61.4 Å². The Morgan fingerprint density at radius 2 is 0.903 bits per heavy atom. The molecule has 1 atom stereocenters. The minimum atomic E-state index is -3.69. The number of pyridine rings is 2. The molecular weight excluding hydrogens is 986 g/mol. The fourth-order valence-corrected chi connectivity index (χ4v) is 10.5. The predicted molar refractivity (Wildman–Crippen MR) is 276 cm³/mol. The highest BCUT2D eigenvalue weighted by Crippen LogP contribution is 2.34. The first-order valence-corrected chi connectivity index (χ1v) is 24.5. The van der Waals surface area contributed by atoms with E-state index < -0.39 is 19.7 Å². The summed E-state index contributed by atoms with van der Waals surface area (Å²) in [4.78, 5) is 26.2. The Morgan fingerprint density at radius 3 is 1.26 bits per heavy atom. The first-order valence-electron chi connectivity index (χ1n) is 21.2. The molecule has 0 saturated carbocycles. The summed E-state index contributed by atoms with van der Waals surface area (Å²) in [5.74, 6) is -0.496. The SMILES string of the molecule is C.COc1ccc(-c2cccc(F)c2)cc1-n1c(=O)ccc2cc(S(=O)(=O)Cc3ccon3)ccc21.COc1ccc(-c2cccc(F)c2)cc1-n1c(=O)ccc2cc(S(=O)(=O)Cc3ccon3)ccc21.P. The van der Waals surface area contributed by atoms with Crippen LogP contribution in [-0.2, 0) is 31.2 Å². The van der Waals surface area contributed by atoms with Crippen LogP contribution in [0, 0.1) is 11.6 Å². The van der Waals surface area contributed by atoms with E-state index in [0.717, 1.165) is 0 Å². The lowest BCUT2D eigenvalue weighted by Gasteiger charge is -2.16. The number of hydrogen-bond acceptors (Lipinski definition) is 12. The molecule has 72 heavy (non-hydrogen) atoms. The second-order valence-electron chi connectivity index (χ2n) is 15.7. The second-order valence-corrected chi connectivity index (χ2v) is 19.7. The summed E-state index contributed by atoms with van der Waals surface area (Å²) in [5.41, 5.74) is 4.49. The Bertz CT molecular complexity index is 3680. The minimum Gasteiger partial charge on any atom is -0.495 e. The van der Waals surface area contributed by atoms with E-state index in [9.17, 15) is 35.2 Å². The molecule has 0 fully saturated rings. The van der Waals surface area contributed by atoms with Crippen molar-refractivity contribution >= 4 is 51.4 Å². The van der Waals surface area contributed by atoms with Crippen molar-refractivity contribution in [2.45, 2.75) is 28.7 Å². The molecule has 0 aliphatic carbocycles. The molecule has 19 heteroatoms. The van der Waals surface area contributed by atoms with Gasteiger partial charge in [-0.2, -0.15) is 9.90 Å². The second kappa shape index (κ2) is 21.5. The van der Waals surface area contributed by atoms with Crippen LogP contribution in [0.5, 0.6) is 11.5 Å². The normalized spacial score (nSPS) is 11.3. The average Bonchev–Trinajstić information content (AvgIpc) is 4.08. The lowest BCUT2D eigenvalue weighted by atomic mass is 10.0. The fraction of sp³-hybridized carbons (Fsp3) is 0.0943. The van der Waals surface area contributed by atoms with Crippen LogP contribution in [0.2, 0.25) is 0 Å². The summed E-state index contributed by atoms with van der Waals surface area (Å²) in [7, 11) is -4.40. The molecule has 6 aromatic carbocycles. The molecular formula is C53H45F2N4O10PS2. The monoisotopic (exact) mass is 1030 g/mol. The van der Waals surface area contributed by atoms with Gasteiger partial charge in [0.25, 0.3) is 11.1 Å². The molecule has 4 aromatic heterocycles. The lowest BCUT2D eigenvalue weighted by Crippen LogP contribution is -2.18. The van der Waals surface area contributed by atoms with E-state index in [0.29, 0.717) is 78.3 Å². The zero-order chi connectivity index (χ0) is 49.2. The highest BCUT2D eigenvalue weighted by Gasteiger charge is 2.22. The third kappa shape index (κ3) is 10.8. The topological polar surface area (TPSA) is 183 Å². The van der Waals surface area contributed by atoms with Gasteiger partial charge < -0.3 is 18.5 Å². The molecule has 0 saturated heterocycles. The van der Waals surface area contributed by atoms with Gasteiger partial charge in [0.05, 0.1) is 57.8 Å². The number of nitrogens with zero attached hydrogens (tertiary/aromatic N) is 4. The third-order valence-corrected chi connectivity index (χ3v) is 14.6. The zero-order valence-electron chi connectivity index (χ0n) is 37.7. The van der Waals surface area contributed by atoms with E-state index in [1.165, 1.54) is 109 Å². The van der Waals surface area contributed by atoms with Crippen molar-refractivity contribution in [1.29, 1.82) is 0 Å². The van der Waals surface area contributed by atoms with Crippen molar-refractivity contribution < 1.29 is 44.1 Å². The molecule has 4 heterocycles. The molecule has 14 nitrogen and oxygen atoms in total. The summed E-state index contributed by atoms with van der Waals surface area (Å²) < 4.78 is 103. The van der Waals surface area contributed by atoms with Gasteiger partial charge in [-0.1, -0.05) is 54.1 Å². The number of sulfone groups is 2. The van der Waals surface area contributed by atoms with Crippen LogP contribution in [0.15, 0.2) is 199 Å². The van der Waals surface area contributed by atoms with Crippen LogP contribution in [0.1, 0.15) is 18.8 Å². The molecule has 0 aliphatic heterocycles. The van der Waals surface area contributed by atoms with Gasteiger partial charge in [-0.3, -0.25) is 18.7 Å². The average molecular weight is 1030 g/mol. The summed E-state index contributed by atoms with van der Waals surface area (Å²) in [5, 5.41) is 8.44. The summed E-state index contributed by atoms with van der Waals surface area (Å²) in [6.45, 7) is 0. The summed E-state index contributed by atoms with van der Waals surface area (Å²) in [6.07, 6.45) is 2.63. The highest BCUT2D eigenvalue weighted by molar-refractivity contribution is 7.91. The Labute approximate surface area is 415 Å². The molecule has 368 valence electrons. The number of halogens is 2. The zero-order valence-corrected chi connectivity index (χ0v) is 40.8. The van der Waals surface area contributed by atoms with Crippen molar-refractivity contribution in [3.05, 3.63) is 214 Å². The van der Waals surface area contributed by atoms with Crippen LogP contribution in [0.4, 0.5) is 8.78 Å². The number of benzene rings is 6. The van der Waals surface area contributed by atoms with Crippen molar-refractivity contribution in [3.8, 4) is 45.1 Å². The number of methoxy groups -OCH3 is 2. The maximum Gasteiger partial charge on any atom is 0.255 e. The molecule has 0 aliphatic rings. The molecule has 10 rings (SSSR count). The molecule has 0 bridgehead atoms. The van der Waals surface area contributed by atoms with Crippen LogP contribution in [-0.4, -0.2) is 50.5 Å². The van der Waals surface area contributed by atoms with Gasteiger partial charge in [-0.25, -0.2) is 25.6 Å². The highest BCUT2D eigenvalue weighted by atomic mass is 32.2. The van der Waals surface area contributed by atoms with Crippen LogP contribution >= 0.6 is 9.90 Å². The van der Waals surface area contributed by atoms with Crippen LogP contribution < -0.4 is 20.6 Å². The lowest BCUT2D eigenvalue weighted by molar-refractivity contribution is 0.413. The first-order chi connectivity index (χ1) is 33.7. The summed E-state index contributed by atoms with van der Waals surface area (Å²) in [6, 6.07) is 40.7. The number of aromatic nitrogens is 4. The largest absolute Gasteiger partial charge is 0.495 e. The maximum absolute atomic E-state index is 13.8. The van der Waals surface area contributed by atoms with Crippen molar-refractivity contribution in [2.24, 2.45) is 0 Å². The van der Waals surface area contributed by atoms with Gasteiger partial charge in [-0.05, 0) is 119 Å². The molecule has 1 unspecified atom stereocenters. The Hall–Kier alpha value is -8.05. The smallest absolute Gasteiger partial charge is 0.255 e. The summed E-state index contributed by atoms with van der Waals surface area (Å²) >= 11 is 0. The van der Waals surface area contributed by atoms with E-state index in [4.69, 9.17) is 18.5 Å². The number of rotatable bonds is 12. The molecule has 0 N–H and O–H groups in total. The standard InChI is InChI=1S/2C26H19FN2O5S.CH4.H3P/c2*1-33-25-9-5-18(17-3-2-4-20(27)13-17)15-24(25)29-23-8-7-22(14-19(23)6-10-26(29)30)35(31,32)16-21-11-12-34-28-21;;/h2*2-15H,16H2,1H3;1H4;1H3. The Balaban J connectivity index is 0.000000206. The van der Waals surface area contributed by atoms with E-state index in [1.54, 1.807) is 84.9 Å². The van der Waals surface area contributed by atoms with Gasteiger partial charge in [0.15, 0.2) is 19.7 Å². The van der Waals surface area contributed by atoms with E-state index in [1.807, 2.05) is 0 Å². The van der Waals surface area contributed by atoms with Crippen molar-refractivity contribution in [3.63, 3.8) is 0 Å². The van der Waals surface area contributed by atoms with Crippen LogP contribution in [0.3, 0.4) is 0 Å². The van der Waals surface area contributed by atoms with Crippen molar-refractivity contribution in [1.82, 2.24) is 19.4 Å². The van der Waals surface area contributed by atoms with Crippen LogP contribution in [0.25, 0.3) is 55.4 Å². The van der Waals surface area contributed by atoms with Gasteiger partial charge in [0.2, 0.25) is 0 Å². The Kier molecular flexibility index (Phi) is 15.5. The number of fused-ring (bicyclic) bond motifs is 2. The molecule has 0 radical (unpaired) electrons. The van der Waals surface area contributed by atoms with Crippen molar-refractivity contribution in [2.75, 3.05) is 14.2 Å². The van der Waals surface area contributed by atoms with Gasteiger partial charge in [-0.15, -0.1) is 0 Å². The molecule has 0 amide bonds. The molecule has 10 aromatic rings. The van der Waals surface area contributed by atoms with Gasteiger partial charge >= 0.3 is 0 Å². The number of hydrogen-bond donors (Lipinski definition) is 0. The van der Waals surface area contributed by atoms with Gasteiger partial charge in [0.1, 0.15) is 47.2 Å².